The van der Waals surface area contributed by atoms with Crippen molar-refractivity contribution in [1.82, 2.24) is 0 Å². The van der Waals surface area contributed by atoms with Crippen LogP contribution < -0.4 is 10.1 Å². The lowest BCUT2D eigenvalue weighted by Gasteiger charge is -2.12. The second kappa shape index (κ2) is 5.45. The summed E-state index contributed by atoms with van der Waals surface area (Å²) in [5.41, 5.74) is 2.96. The molecular weight excluding hydrogens is 226 g/mol. The van der Waals surface area contributed by atoms with Gasteiger partial charge in [-0.05, 0) is 30.7 Å². The molecular formula is C15H17NO2. The minimum absolute atomic E-state index is 0.302. The Bertz CT molecular complexity index is 538. The molecule has 0 unspecified atom stereocenters. The molecule has 0 aliphatic heterocycles. The van der Waals surface area contributed by atoms with Crippen molar-refractivity contribution in [3.05, 3.63) is 53.6 Å². The minimum atomic E-state index is 0.302. The molecule has 0 atom stereocenters. The third kappa shape index (κ3) is 2.74. The fraction of sp³-hybridized carbons (Fsp3) is 0.200. The molecule has 94 valence electrons. The van der Waals surface area contributed by atoms with E-state index in [9.17, 15) is 5.11 Å². The molecule has 0 aliphatic carbocycles. The maximum Gasteiger partial charge on any atom is 0.141 e. The topological polar surface area (TPSA) is 41.5 Å². The van der Waals surface area contributed by atoms with Crippen LogP contribution in [0.3, 0.4) is 0 Å². The number of hydrogen-bond donors (Lipinski definition) is 2. The summed E-state index contributed by atoms with van der Waals surface area (Å²) in [4.78, 5) is 0. The number of ether oxygens (including phenoxy) is 1. The zero-order valence-electron chi connectivity index (χ0n) is 10.6. The Balaban J connectivity index is 2.15. The van der Waals surface area contributed by atoms with E-state index in [1.54, 1.807) is 13.2 Å². The summed E-state index contributed by atoms with van der Waals surface area (Å²) in [5, 5.41) is 13.0. The molecule has 0 fully saturated rings. The summed E-state index contributed by atoms with van der Waals surface area (Å²) in [6, 6.07) is 13.3. The SMILES string of the molecule is COc1ccc(C)cc1NCc1ccccc1O. The van der Waals surface area contributed by atoms with Crippen molar-refractivity contribution in [3.8, 4) is 11.5 Å². The zero-order valence-corrected chi connectivity index (χ0v) is 10.6. The van der Waals surface area contributed by atoms with E-state index in [1.165, 1.54) is 0 Å². The molecule has 2 rings (SSSR count). The highest BCUT2D eigenvalue weighted by atomic mass is 16.5. The van der Waals surface area contributed by atoms with Crippen LogP contribution in [0.5, 0.6) is 11.5 Å². The molecule has 0 saturated carbocycles. The largest absolute Gasteiger partial charge is 0.508 e. The molecule has 0 aliphatic rings. The van der Waals surface area contributed by atoms with Crippen LogP contribution in [-0.4, -0.2) is 12.2 Å². The van der Waals surface area contributed by atoms with E-state index in [0.717, 1.165) is 22.6 Å². The van der Waals surface area contributed by atoms with Gasteiger partial charge in [-0.25, -0.2) is 0 Å². The van der Waals surface area contributed by atoms with E-state index in [4.69, 9.17) is 4.74 Å². The van der Waals surface area contributed by atoms with Crippen LogP contribution in [0.25, 0.3) is 0 Å². The highest BCUT2D eigenvalue weighted by Crippen LogP contribution is 2.26. The van der Waals surface area contributed by atoms with Gasteiger partial charge in [-0.3, -0.25) is 0 Å². The van der Waals surface area contributed by atoms with E-state index in [1.807, 2.05) is 43.3 Å². The average Bonchev–Trinajstić information content (AvgIpc) is 2.38. The Labute approximate surface area is 107 Å². The van der Waals surface area contributed by atoms with E-state index in [0.29, 0.717) is 12.3 Å². The molecule has 0 bridgehead atoms. The Kier molecular flexibility index (Phi) is 3.72. The molecule has 0 heterocycles. The quantitative estimate of drug-likeness (QED) is 0.865. The van der Waals surface area contributed by atoms with E-state index in [-0.39, 0.29) is 0 Å². The third-order valence-corrected chi connectivity index (χ3v) is 2.82. The molecule has 3 heteroatoms. The number of aryl methyl sites for hydroxylation is 1. The van der Waals surface area contributed by atoms with Crippen LogP contribution in [0.1, 0.15) is 11.1 Å². The lowest BCUT2D eigenvalue weighted by molar-refractivity contribution is 0.416. The van der Waals surface area contributed by atoms with Gasteiger partial charge in [-0.1, -0.05) is 24.3 Å². The molecule has 3 nitrogen and oxygen atoms in total. The van der Waals surface area contributed by atoms with Crippen molar-refractivity contribution in [1.29, 1.82) is 0 Å². The average molecular weight is 243 g/mol. The summed E-state index contributed by atoms with van der Waals surface area (Å²) < 4.78 is 5.29. The van der Waals surface area contributed by atoms with Gasteiger partial charge in [0.15, 0.2) is 0 Å². The van der Waals surface area contributed by atoms with Gasteiger partial charge in [0.25, 0.3) is 0 Å². The Hall–Kier alpha value is -2.16. The van der Waals surface area contributed by atoms with Crippen molar-refractivity contribution in [2.45, 2.75) is 13.5 Å². The van der Waals surface area contributed by atoms with Crippen molar-refractivity contribution >= 4 is 5.69 Å². The predicted octanol–water partition coefficient (Wildman–Crippen LogP) is 3.32. The van der Waals surface area contributed by atoms with Crippen LogP contribution in [0.15, 0.2) is 42.5 Å². The lowest BCUT2D eigenvalue weighted by Crippen LogP contribution is -2.01. The number of phenols is 1. The Morgan fingerprint density at radius 3 is 2.67 bits per heavy atom. The Morgan fingerprint density at radius 1 is 1.17 bits per heavy atom. The smallest absolute Gasteiger partial charge is 0.141 e. The summed E-state index contributed by atoms with van der Waals surface area (Å²) in [7, 11) is 1.65. The zero-order chi connectivity index (χ0) is 13.0. The molecule has 0 aromatic heterocycles. The van der Waals surface area contributed by atoms with Gasteiger partial charge in [-0.2, -0.15) is 0 Å². The van der Waals surface area contributed by atoms with Crippen LogP contribution in [-0.2, 0) is 6.54 Å². The van der Waals surface area contributed by atoms with Gasteiger partial charge in [0.2, 0.25) is 0 Å². The van der Waals surface area contributed by atoms with Gasteiger partial charge >= 0.3 is 0 Å². The van der Waals surface area contributed by atoms with Crippen molar-refractivity contribution in [2.75, 3.05) is 12.4 Å². The van der Waals surface area contributed by atoms with E-state index >= 15 is 0 Å². The predicted molar refractivity (Wildman–Crippen MR) is 73.2 cm³/mol. The van der Waals surface area contributed by atoms with E-state index in [2.05, 4.69) is 5.32 Å². The van der Waals surface area contributed by atoms with Crippen LogP contribution >= 0.6 is 0 Å². The summed E-state index contributed by atoms with van der Waals surface area (Å²) in [6.45, 7) is 2.59. The fourth-order valence-electron chi connectivity index (χ4n) is 1.81. The first-order chi connectivity index (χ1) is 8.70. The van der Waals surface area contributed by atoms with Gasteiger partial charge in [0, 0.05) is 12.1 Å². The number of para-hydroxylation sites is 1. The van der Waals surface area contributed by atoms with Crippen molar-refractivity contribution < 1.29 is 9.84 Å². The molecule has 18 heavy (non-hydrogen) atoms. The normalized spacial score (nSPS) is 10.1. The molecule has 0 saturated heterocycles. The number of hydrogen-bond acceptors (Lipinski definition) is 3. The molecule has 0 radical (unpaired) electrons. The first-order valence-electron chi connectivity index (χ1n) is 5.86. The lowest BCUT2D eigenvalue weighted by atomic mass is 10.1. The number of rotatable bonds is 4. The number of methoxy groups -OCH3 is 1. The van der Waals surface area contributed by atoms with Crippen LogP contribution in [0, 0.1) is 6.92 Å². The van der Waals surface area contributed by atoms with Gasteiger partial charge < -0.3 is 15.2 Å². The van der Waals surface area contributed by atoms with Crippen LogP contribution in [0.4, 0.5) is 5.69 Å². The third-order valence-electron chi connectivity index (χ3n) is 2.82. The summed E-state index contributed by atoms with van der Waals surface area (Å²) in [5.74, 6) is 1.10. The maximum atomic E-state index is 9.70. The first kappa shape index (κ1) is 12.3. The van der Waals surface area contributed by atoms with Gasteiger partial charge in [0.1, 0.15) is 11.5 Å². The molecule has 0 spiro atoms. The Morgan fingerprint density at radius 2 is 1.94 bits per heavy atom. The first-order valence-corrected chi connectivity index (χ1v) is 5.86. The number of phenolic OH excluding ortho intramolecular Hbond substituents is 1. The highest BCUT2D eigenvalue weighted by Gasteiger charge is 2.04. The summed E-state index contributed by atoms with van der Waals surface area (Å²) >= 11 is 0. The molecule has 2 aromatic carbocycles. The monoisotopic (exact) mass is 243 g/mol. The second-order valence-electron chi connectivity index (χ2n) is 4.19. The number of aromatic hydroxyl groups is 1. The molecule has 0 amide bonds. The maximum absolute atomic E-state index is 9.70. The number of benzene rings is 2. The number of nitrogens with one attached hydrogen (secondary N) is 1. The molecule has 2 aromatic rings. The second-order valence-corrected chi connectivity index (χ2v) is 4.19. The van der Waals surface area contributed by atoms with E-state index < -0.39 is 0 Å². The summed E-state index contributed by atoms with van der Waals surface area (Å²) in [6.07, 6.45) is 0. The molecule has 2 N–H and O–H groups in total. The van der Waals surface area contributed by atoms with Crippen molar-refractivity contribution in [2.24, 2.45) is 0 Å². The standard InChI is InChI=1S/C15H17NO2/c1-11-7-8-15(18-2)13(9-11)16-10-12-5-3-4-6-14(12)17/h3-9,16-17H,10H2,1-2H3. The van der Waals surface area contributed by atoms with Gasteiger partial charge in [-0.15, -0.1) is 0 Å². The minimum Gasteiger partial charge on any atom is -0.508 e. The van der Waals surface area contributed by atoms with Crippen LogP contribution in [0.2, 0.25) is 0 Å². The van der Waals surface area contributed by atoms with Gasteiger partial charge in [0.05, 0.1) is 12.8 Å². The fourth-order valence-corrected chi connectivity index (χ4v) is 1.81. The highest BCUT2D eigenvalue weighted by molar-refractivity contribution is 5.58. The number of anilines is 1. The van der Waals surface area contributed by atoms with Crippen molar-refractivity contribution in [3.63, 3.8) is 0 Å².